The molecule has 2 fully saturated rings. The molecule has 0 amide bonds. The Balaban J connectivity index is 1.96. The summed E-state index contributed by atoms with van der Waals surface area (Å²) in [5.41, 5.74) is -0.379. The first-order chi connectivity index (χ1) is 8.68. The Morgan fingerprint density at radius 1 is 1.28 bits per heavy atom. The van der Waals surface area contributed by atoms with Crippen LogP contribution in [-0.4, -0.2) is 36.1 Å². The number of hydrogen-bond acceptors (Lipinski definition) is 3. The van der Waals surface area contributed by atoms with Gasteiger partial charge in [0, 0.05) is 12.6 Å². The van der Waals surface area contributed by atoms with Crippen molar-refractivity contribution in [3.8, 4) is 6.07 Å². The SMILES string of the molecule is CCNC(C)(C#N)CN1CCCC1C1CCCC1. The maximum Gasteiger partial charge on any atom is 0.116 e. The number of nitrogens with zero attached hydrogens (tertiary/aromatic N) is 2. The highest BCUT2D eigenvalue weighted by Gasteiger charge is 2.37. The number of nitriles is 1. The third-order valence-electron chi connectivity index (χ3n) is 4.69. The highest BCUT2D eigenvalue weighted by atomic mass is 15.2. The maximum absolute atomic E-state index is 9.39. The molecule has 0 spiro atoms. The van der Waals surface area contributed by atoms with E-state index in [0.717, 1.165) is 25.0 Å². The molecule has 1 N–H and O–H groups in total. The number of hydrogen-bond donors (Lipinski definition) is 1. The van der Waals surface area contributed by atoms with E-state index in [-0.39, 0.29) is 5.54 Å². The van der Waals surface area contributed by atoms with Gasteiger partial charge in [-0.25, -0.2) is 0 Å². The Hall–Kier alpha value is -0.590. The molecule has 1 heterocycles. The van der Waals surface area contributed by atoms with E-state index in [1.165, 1.54) is 45.1 Å². The molecular formula is C15H27N3. The molecule has 0 bridgehead atoms. The Bertz CT molecular complexity index is 303. The fourth-order valence-electron chi connectivity index (χ4n) is 3.85. The lowest BCUT2D eigenvalue weighted by Gasteiger charge is -2.35. The monoisotopic (exact) mass is 249 g/mol. The minimum Gasteiger partial charge on any atom is -0.299 e. The second-order valence-electron chi connectivity index (χ2n) is 6.20. The van der Waals surface area contributed by atoms with Crippen molar-refractivity contribution in [2.24, 2.45) is 5.92 Å². The van der Waals surface area contributed by atoms with Gasteiger partial charge < -0.3 is 0 Å². The number of likely N-dealkylation sites (tertiary alicyclic amines) is 1. The molecule has 2 unspecified atom stereocenters. The summed E-state index contributed by atoms with van der Waals surface area (Å²) in [6.07, 6.45) is 8.31. The maximum atomic E-state index is 9.39. The fourth-order valence-corrected chi connectivity index (χ4v) is 3.85. The quantitative estimate of drug-likeness (QED) is 0.814. The Labute approximate surface area is 112 Å². The van der Waals surface area contributed by atoms with E-state index in [2.05, 4.69) is 23.2 Å². The summed E-state index contributed by atoms with van der Waals surface area (Å²) in [6, 6.07) is 3.21. The van der Waals surface area contributed by atoms with Crippen molar-refractivity contribution in [3.05, 3.63) is 0 Å². The van der Waals surface area contributed by atoms with Crippen molar-refractivity contribution < 1.29 is 0 Å². The average molecular weight is 249 g/mol. The topological polar surface area (TPSA) is 39.1 Å². The molecule has 2 rings (SSSR count). The van der Waals surface area contributed by atoms with Gasteiger partial charge in [0.25, 0.3) is 0 Å². The number of nitrogens with one attached hydrogen (secondary N) is 1. The van der Waals surface area contributed by atoms with Gasteiger partial charge in [-0.2, -0.15) is 5.26 Å². The summed E-state index contributed by atoms with van der Waals surface area (Å²) in [5.74, 6) is 0.900. The molecule has 1 saturated carbocycles. The average Bonchev–Trinajstić information content (AvgIpc) is 2.99. The van der Waals surface area contributed by atoms with E-state index in [4.69, 9.17) is 0 Å². The molecular weight excluding hydrogens is 222 g/mol. The van der Waals surface area contributed by atoms with Gasteiger partial charge in [-0.3, -0.25) is 10.2 Å². The number of rotatable bonds is 5. The molecule has 0 radical (unpaired) electrons. The van der Waals surface area contributed by atoms with Crippen molar-refractivity contribution in [1.29, 1.82) is 5.26 Å². The molecule has 3 heteroatoms. The minimum atomic E-state index is -0.379. The molecule has 1 saturated heterocycles. The normalized spacial score (nSPS) is 29.3. The first-order valence-corrected chi connectivity index (χ1v) is 7.59. The van der Waals surface area contributed by atoms with Crippen molar-refractivity contribution >= 4 is 0 Å². The molecule has 2 atom stereocenters. The van der Waals surface area contributed by atoms with Crippen molar-refractivity contribution in [2.45, 2.75) is 64.0 Å². The van der Waals surface area contributed by atoms with Crippen LogP contribution in [0.2, 0.25) is 0 Å². The summed E-state index contributed by atoms with van der Waals surface area (Å²) < 4.78 is 0. The van der Waals surface area contributed by atoms with Crippen molar-refractivity contribution in [3.63, 3.8) is 0 Å². The largest absolute Gasteiger partial charge is 0.299 e. The smallest absolute Gasteiger partial charge is 0.116 e. The second-order valence-corrected chi connectivity index (χ2v) is 6.20. The van der Waals surface area contributed by atoms with Crippen LogP contribution in [0.5, 0.6) is 0 Å². The Morgan fingerprint density at radius 2 is 2.00 bits per heavy atom. The van der Waals surface area contributed by atoms with E-state index < -0.39 is 0 Å². The lowest BCUT2D eigenvalue weighted by Crippen LogP contribution is -2.52. The number of likely N-dealkylation sites (N-methyl/N-ethyl adjacent to an activating group) is 1. The van der Waals surface area contributed by atoms with E-state index in [1.54, 1.807) is 0 Å². The lowest BCUT2D eigenvalue weighted by atomic mass is 9.94. The van der Waals surface area contributed by atoms with Crippen LogP contribution < -0.4 is 5.32 Å². The van der Waals surface area contributed by atoms with Crippen LogP contribution >= 0.6 is 0 Å². The van der Waals surface area contributed by atoms with Gasteiger partial charge >= 0.3 is 0 Å². The zero-order valence-corrected chi connectivity index (χ0v) is 11.9. The standard InChI is InChI=1S/C15H27N3/c1-3-17-15(2,11-16)12-18-10-6-9-14(18)13-7-4-5-8-13/h13-14,17H,3-10,12H2,1-2H3. The van der Waals surface area contributed by atoms with Crippen molar-refractivity contribution in [2.75, 3.05) is 19.6 Å². The van der Waals surface area contributed by atoms with Gasteiger partial charge in [0.05, 0.1) is 6.07 Å². The highest BCUT2D eigenvalue weighted by molar-refractivity contribution is 5.07. The predicted octanol–water partition coefficient (Wildman–Crippen LogP) is 2.53. The zero-order chi connectivity index (χ0) is 13.0. The van der Waals surface area contributed by atoms with Crippen LogP contribution in [0.25, 0.3) is 0 Å². The third-order valence-corrected chi connectivity index (χ3v) is 4.69. The van der Waals surface area contributed by atoms with Crippen LogP contribution in [0.1, 0.15) is 52.4 Å². The molecule has 102 valence electrons. The molecule has 18 heavy (non-hydrogen) atoms. The summed E-state index contributed by atoms with van der Waals surface area (Å²) in [5, 5.41) is 12.7. The fraction of sp³-hybridized carbons (Fsp3) is 0.933. The molecule has 2 aliphatic rings. The van der Waals surface area contributed by atoms with Gasteiger partial charge in [0.1, 0.15) is 5.54 Å². The minimum absolute atomic E-state index is 0.379. The molecule has 0 aromatic carbocycles. The first-order valence-electron chi connectivity index (χ1n) is 7.59. The van der Waals surface area contributed by atoms with E-state index in [9.17, 15) is 5.26 Å². The lowest BCUT2D eigenvalue weighted by molar-refractivity contribution is 0.160. The molecule has 0 aromatic heterocycles. The van der Waals surface area contributed by atoms with Crippen LogP contribution in [0, 0.1) is 17.2 Å². The highest BCUT2D eigenvalue weighted by Crippen LogP contribution is 2.35. The van der Waals surface area contributed by atoms with E-state index >= 15 is 0 Å². The predicted molar refractivity (Wildman–Crippen MR) is 74.2 cm³/mol. The van der Waals surface area contributed by atoms with Crippen LogP contribution in [-0.2, 0) is 0 Å². The molecule has 1 aliphatic carbocycles. The summed E-state index contributed by atoms with van der Waals surface area (Å²) in [7, 11) is 0. The van der Waals surface area contributed by atoms with Gasteiger partial charge in [0.2, 0.25) is 0 Å². The summed E-state index contributed by atoms with van der Waals surface area (Å²) in [6.45, 7) is 7.06. The molecule has 1 aliphatic heterocycles. The second kappa shape index (κ2) is 6.04. The van der Waals surface area contributed by atoms with Gasteiger partial charge in [-0.05, 0) is 51.6 Å². The third kappa shape index (κ3) is 3.05. The summed E-state index contributed by atoms with van der Waals surface area (Å²) in [4.78, 5) is 2.59. The zero-order valence-electron chi connectivity index (χ0n) is 11.9. The summed E-state index contributed by atoms with van der Waals surface area (Å²) >= 11 is 0. The van der Waals surface area contributed by atoms with Gasteiger partial charge in [-0.1, -0.05) is 19.8 Å². The van der Waals surface area contributed by atoms with Crippen LogP contribution in [0.4, 0.5) is 0 Å². The molecule has 0 aromatic rings. The Morgan fingerprint density at radius 3 is 2.61 bits per heavy atom. The molecule has 3 nitrogen and oxygen atoms in total. The van der Waals surface area contributed by atoms with Gasteiger partial charge in [0.15, 0.2) is 0 Å². The first kappa shape index (κ1) is 13.8. The van der Waals surface area contributed by atoms with E-state index in [0.29, 0.717) is 0 Å². The Kier molecular flexibility index (Phi) is 4.64. The van der Waals surface area contributed by atoms with Crippen LogP contribution in [0.15, 0.2) is 0 Å². The van der Waals surface area contributed by atoms with Crippen molar-refractivity contribution in [1.82, 2.24) is 10.2 Å². The van der Waals surface area contributed by atoms with E-state index in [1.807, 2.05) is 6.92 Å². The van der Waals surface area contributed by atoms with Gasteiger partial charge in [-0.15, -0.1) is 0 Å². The van der Waals surface area contributed by atoms with Crippen LogP contribution in [0.3, 0.4) is 0 Å².